The van der Waals surface area contributed by atoms with Crippen LogP contribution in [0.5, 0.6) is 5.75 Å². The Morgan fingerprint density at radius 2 is 1.31 bits per heavy atom. The van der Waals surface area contributed by atoms with Gasteiger partial charge in [-0.25, -0.2) is 4.98 Å². The zero-order valence-electron chi connectivity index (χ0n) is 26.0. The first kappa shape index (κ1) is 28.3. The molecule has 45 heavy (non-hydrogen) atoms. The van der Waals surface area contributed by atoms with E-state index in [1.165, 1.54) is 16.5 Å². The predicted molar refractivity (Wildman–Crippen MR) is 186 cm³/mol. The lowest BCUT2D eigenvalue weighted by Gasteiger charge is -2.19. The molecule has 0 N–H and O–H groups in total. The van der Waals surface area contributed by atoms with E-state index in [0.29, 0.717) is 0 Å². The van der Waals surface area contributed by atoms with Gasteiger partial charge in [-0.1, -0.05) is 87.5 Å². The molecule has 4 aromatic carbocycles. The van der Waals surface area contributed by atoms with Gasteiger partial charge in [-0.2, -0.15) is 0 Å². The average molecular weight is 586 g/mol. The number of methoxy groups -OCH3 is 1. The highest BCUT2D eigenvalue weighted by atomic mass is 16.5. The number of para-hydroxylation sites is 3. The maximum atomic E-state index is 5.78. The smallest absolute Gasteiger partial charge is 0.128 e. The van der Waals surface area contributed by atoms with Crippen molar-refractivity contribution in [3.8, 4) is 56.3 Å². The van der Waals surface area contributed by atoms with Crippen molar-refractivity contribution in [3.05, 3.63) is 145 Å². The lowest BCUT2D eigenvalue weighted by molar-refractivity contribution is 0.416. The third-order valence-electron chi connectivity index (χ3n) is 8.36. The summed E-state index contributed by atoms with van der Waals surface area (Å²) in [6.45, 7) is 6.68. The Kier molecular flexibility index (Phi) is 7.26. The fraction of sp³-hybridized carbons (Fsp3) is 0.122. The standard InChI is InChI=1S/C41H35N3O/c1-41(2,3)32-20-22-42-35(27-32)29-13-11-14-30(24-29)36-25-31(26-37(43-36)34-16-7-10-19-40(34)45-4)33-15-6-9-18-39(33)44-23-21-28-12-5-8-17-38(28)44/h5-27H,1-4H3. The molecule has 4 heteroatoms. The van der Waals surface area contributed by atoms with Crippen LogP contribution in [0.1, 0.15) is 26.3 Å². The maximum absolute atomic E-state index is 5.78. The van der Waals surface area contributed by atoms with Gasteiger partial charge in [0.05, 0.1) is 35.4 Å². The molecule has 3 heterocycles. The summed E-state index contributed by atoms with van der Waals surface area (Å²) in [4.78, 5) is 9.97. The second kappa shape index (κ2) is 11.5. The highest BCUT2D eigenvalue weighted by Gasteiger charge is 2.17. The van der Waals surface area contributed by atoms with Crippen molar-refractivity contribution in [2.45, 2.75) is 26.2 Å². The molecule has 0 unspecified atom stereocenters. The molecule has 0 aliphatic rings. The topological polar surface area (TPSA) is 39.9 Å². The van der Waals surface area contributed by atoms with Crippen LogP contribution in [0.25, 0.3) is 61.5 Å². The average Bonchev–Trinajstić information content (AvgIpc) is 3.52. The van der Waals surface area contributed by atoms with E-state index in [1.807, 2.05) is 24.4 Å². The molecule has 0 saturated carbocycles. The zero-order chi connectivity index (χ0) is 31.0. The maximum Gasteiger partial charge on any atom is 0.128 e. The number of aromatic nitrogens is 3. The van der Waals surface area contributed by atoms with Crippen LogP contribution in [0.4, 0.5) is 0 Å². The lowest BCUT2D eigenvalue weighted by Crippen LogP contribution is -2.11. The van der Waals surface area contributed by atoms with Crippen molar-refractivity contribution < 1.29 is 4.74 Å². The second-order valence-corrected chi connectivity index (χ2v) is 12.3. The second-order valence-electron chi connectivity index (χ2n) is 12.3. The van der Waals surface area contributed by atoms with Gasteiger partial charge in [0.25, 0.3) is 0 Å². The van der Waals surface area contributed by atoms with Crippen molar-refractivity contribution in [3.63, 3.8) is 0 Å². The van der Waals surface area contributed by atoms with Crippen LogP contribution in [0.2, 0.25) is 0 Å². The summed E-state index contributed by atoms with van der Waals surface area (Å²) in [5, 5.41) is 1.21. The minimum atomic E-state index is 0.0350. The number of pyridine rings is 2. The SMILES string of the molecule is COc1ccccc1-c1cc(-c2ccccc2-n2ccc3ccccc32)cc(-c2cccc(-c3cc(C(C)(C)C)ccn3)c2)n1. The summed E-state index contributed by atoms with van der Waals surface area (Å²) >= 11 is 0. The van der Waals surface area contributed by atoms with Crippen LogP contribution in [0.15, 0.2) is 140 Å². The van der Waals surface area contributed by atoms with Crippen LogP contribution in [0.3, 0.4) is 0 Å². The number of hydrogen-bond acceptors (Lipinski definition) is 3. The third kappa shape index (κ3) is 5.51. The Bertz CT molecular complexity index is 2150. The molecule has 3 aromatic heterocycles. The molecule has 0 spiro atoms. The Balaban J connectivity index is 1.42. The van der Waals surface area contributed by atoms with E-state index in [2.05, 4.69) is 141 Å². The van der Waals surface area contributed by atoms with Crippen LogP contribution < -0.4 is 4.74 Å². The van der Waals surface area contributed by atoms with Crippen LogP contribution >= 0.6 is 0 Å². The van der Waals surface area contributed by atoms with Crippen molar-refractivity contribution in [1.29, 1.82) is 0 Å². The fourth-order valence-electron chi connectivity index (χ4n) is 5.94. The van der Waals surface area contributed by atoms with E-state index >= 15 is 0 Å². The quantitative estimate of drug-likeness (QED) is 0.195. The van der Waals surface area contributed by atoms with Crippen molar-refractivity contribution in [2.75, 3.05) is 7.11 Å². The molecule has 0 saturated heterocycles. The third-order valence-corrected chi connectivity index (χ3v) is 8.36. The van der Waals surface area contributed by atoms with Gasteiger partial charge in [-0.15, -0.1) is 0 Å². The summed E-state index contributed by atoms with van der Waals surface area (Å²) in [6, 6.07) is 44.5. The summed E-state index contributed by atoms with van der Waals surface area (Å²) in [7, 11) is 1.71. The molecule has 0 bridgehead atoms. The molecule has 4 nitrogen and oxygen atoms in total. The summed E-state index contributed by atoms with van der Waals surface area (Å²) < 4.78 is 8.05. The summed E-state index contributed by atoms with van der Waals surface area (Å²) in [5.74, 6) is 0.787. The zero-order valence-corrected chi connectivity index (χ0v) is 26.0. The van der Waals surface area contributed by atoms with E-state index in [9.17, 15) is 0 Å². The highest BCUT2D eigenvalue weighted by molar-refractivity contribution is 5.87. The molecular weight excluding hydrogens is 550 g/mol. The molecule has 0 aliphatic heterocycles. The van der Waals surface area contributed by atoms with Gasteiger partial charge in [0.15, 0.2) is 0 Å². The Hall–Kier alpha value is -5.48. The van der Waals surface area contributed by atoms with Crippen LogP contribution in [-0.4, -0.2) is 21.6 Å². The minimum absolute atomic E-state index is 0.0350. The van der Waals surface area contributed by atoms with Crippen LogP contribution in [0, 0.1) is 0 Å². The molecule has 0 atom stereocenters. The molecule has 0 fully saturated rings. The van der Waals surface area contributed by atoms with Gasteiger partial charge in [0.2, 0.25) is 0 Å². The van der Waals surface area contributed by atoms with Crippen molar-refractivity contribution in [2.24, 2.45) is 0 Å². The Labute approximate surface area is 264 Å². The normalized spacial score (nSPS) is 11.6. The van der Waals surface area contributed by atoms with Gasteiger partial charge >= 0.3 is 0 Å². The number of nitrogens with zero attached hydrogens (tertiary/aromatic N) is 3. The Morgan fingerprint density at radius 3 is 2.13 bits per heavy atom. The Morgan fingerprint density at radius 1 is 0.600 bits per heavy atom. The van der Waals surface area contributed by atoms with Crippen LogP contribution in [-0.2, 0) is 5.41 Å². The summed E-state index contributed by atoms with van der Waals surface area (Å²) in [5.41, 5.74) is 11.5. The van der Waals surface area contributed by atoms with Gasteiger partial charge < -0.3 is 9.30 Å². The molecule has 7 aromatic rings. The number of benzene rings is 4. The van der Waals surface area contributed by atoms with Gasteiger partial charge in [-0.05, 0) is 82.6 Å². The lowest BCUT2D eigenvalue weighted by atomic mass is 9.87. The first-order valence-electron chi connectivity index (χ1n) is 15.3. The van der Waals surface area contributed by atoms with E-state index < -0.39 is 0 Å². The minimum Gasteiger partial charge on any atom is -0.496 e. The van der Waals surface area contributed by atoms with E-state index in [4.69, 9.17) is 14.7 Å². The molecular formula is C41H35N3O. The predicted octanol–water partition coefficient (Wildman–Crippen LogP) is 10.4. The van der Waals surface area contributed by atoms with Gasteiger partial charge in [-0.3, -0.25) is 4.98 Å². The first-order valence-corrected chi connectivity index (χ1v) is 15.3. The van der Waals surface area contributed by atoms with Crippen molar-refractivity contribution >= 4 is 10.9 Å². The number of fused-ring (bicyclic) bond motifs is 1. The largest absolute Gasteiger partial charge is 0.496 e. The van der Waals surface area contributed by atoms with E-state index in [1.54, 1.807) is 7.11 Å². The first-order chi connectivity index (χ1) is 21.9. The van der Waals surface area contributed by atoms with Crippen molar-refractivity contribution in [1.82, 2.24) is 14.5 Å². The highest BCUT2D eigenvalue weighted by Crippen LogP contribution is 2.37. The molecule has 0 aliphatic carbocycles. The number of ether oxygens (including phenoxy) is 1. The van der Waals surface area contributed by atoms with E-state index in [-0.39, 0.29) is 5.41 Å². The molecule has 0 radical (unpaired) electrons. The van der Waals surface area contributed by atoms with E-state index in [0.717, 1.165) is 56.3 Å². The molecule has 220 valence electrons. The fourth-order valence-corrected chi connectivity index (χ4v) is 5.94. The number of rotatable bonds is 6. The number of hydrogen-bond donors (Lipinski definition) is 0. The summed E-state index contributed by atoms with van der Waals surface area (Å²) in [6.07, 6.45) is 4.05. The molecule has 0 amide bonds. The monoisotopic (exact) mass is 585 g/mol. The molecule has 7 rings (SSSR count). The van der Waals surface area contributed by atoms with Gasteiger partial charge in [0.1, 0.15) is 5.75 Å². The van der Waals surface area contributed by atoms with Gasteiger partial charge in [0, 0.05) is 34.6 Å².